The molecular formula is C18H25NS. The van der Waals surface area contributed by atoms with Crippen LogP contribution in [-0.4, -0.2) is 0 Å². The highest BCUT2D eigenvalue weighted by Crippen LogP contribution is 2.31. The summed E-state index contributed by atoms with van der Waals surface area (Å²) in [6, 6.07) is 16.1. The van der Waals surface area contributed by atoms with E-state index in [0.29, 0.717) is 18.0 Å². The van der Waals surface area contributed by atoms with Crippen molar-refractivity contribution >= 4 is 11.3 Å². The first-order chi connectivity index (χ1) is 9.76. The van der Waals surface area contributed by atoms with Crippen LogP contribution in [-0.2, 0) is 0 Å². The van der Waals surface area contributed by atoms with Crippen molar-refractivity contribution < 1.29 is 0 Å². The van der Waals surface area contributed by atoms with Crippen molar-refractivity contribution in [3.63, 3.8) is 0 Å². The minimum atomic E-state index is 0.404. The van der Waals surface area contributed by atoms with Crippen molar-refractivity contribution in [2.75, 3.05) is 0 Å². The van der Waals surface area contributed by atoms with Crippen LogP contribution in [0.2, 0.25) is 0 Å². The lowest BCUT2D eigenvalue weighted by molar-refractivity contribution is 0.318. The Bertz CT molecular complexity index is 473. The summed E-state index contributed by atoms with van der Waals surface area (Å²) in [5.41, 5.74) is 1.41. The van der Waals surface area contributed by atoms with Crippen LogP contribution in [0.5, 0.6) is 0 Å². The third kappa shape index (κ3) is 3.71. The molecule has 2 heteroatoms. The van der Waals surface area contributed by atoms with Gasteiger partial charge in [0.2, 0.25) is 0 Å². The Balaban J connectivity index is 2.18. The highest BCUT2D eigenvalue weighted by Gasteiger charge is 2.22. The van der Waals surface area contributed by atoms with Gasteiger partial charge in [0.15, 0.2) is 0 Å². The summed E-state index contributed by atoms with van der Waals surface area (Å²) in [4.78, 5) is 1.41. The maximum atomic E-state index is 3.85. The van der Waals surface area contributed by atoms with Gasteiger partial charge in [-0.25, -0.2) is 0 Å². The Morgan fingerprint density at radius 2 is 1.70 bits per heavy atom. The van der Waals surface area contributed by atoms with Gasteiger partial charge in [0.05, 0.1) is 0 Å². The summed E-state index contributed by atoms with van der Waals surface area (Å²) < 4.78 is 0. The van der Waals surface area contributed by atoms with Gasteiger partial charge in [-0.15, -0.1) is 11.3 Å². The second-order valence-corrected chi connectivity index (χ2v) is 6.35. The second kappa shape index (κ2) is 7.61. The topological polar surface area (TPSA) is 12.0 Å². The molecule has 1 aromatic carbocycles. The quantitative estimate of drug-likeness (QED) is 0.701. The highest BCUT2D eigenvalue weighted by atomic mass is 32.1. The SMILES string of the molecule is CCC(CC)C(NC(C)c1cccs1)c1ccccc1. The second-order valence-electron chi connectivity index (χ2n) is 5.37. The van der Waals surface area contributed by atoms with Gasteiger partial charge in [-0.3, -0.25) is 0 Å². The van der Waals surface area contributed by atoms with Gasteiger partial charge >= 0.3 is 0 Å². The third-order valence-electron chi connectivity index (χ3n) is 4.08. The van der Waals surface area contributed by atoms with E-state index in [4.69, 9.17) is 0 Å². The Labute approximate surface area is 127 Å². The van der Waals surface area contributed by atoms with Crippen LogP contribution in [0.4, 0.5) is 0 Å². The van der Waals surface area contributed by atoms with Crippen molar-refractivity contribution in [1.29, 1.82) is 0 Å². The predicted molar refractivity (Wildman–Crippen MR) is 89.1 cm³/mol. The number of benzene rings is 1. The van der Waals surface area contributed by atoms with Crippen LogP contribution in [0.3, 0.4) is 0 Å². The predicted octanol–water partition coefficient (Wildman–Crippen LogP) is 5.58. The zero-order valence-electron chi connectivity index (χ0n) is 12.7. The Morgan fingerprint density at radius 1 is 1.00 bits per heavy atom. The molecule has 0 radical (unpaired) electrons. The Hall–Kier alpha value is -1.12. The van der Waals surface area contributed by atoms with Crippen molar-refractivity contribution in [1.82, 2.24) is 5.32 Å². The monoisotopic (exact) mass is 287 g/mol. The first kappa shape index (κ1) is 15.3. The molecule has 108 valence electrons. The molecule has 1 aromatic heterocycles. The summed E-state index contributed by atoms with van der Waals surface area (Å²) >= 11 is 1.83. The van der Waals surface area contributed by atoms with Gasteiger partial charge in [0, 0.05) is 17.0 Å². The van der Waals surface area contributed by atoms with Crippen LogP contribution in [0.25, 0.3) is 0 Å². The normalized spacial score (nSPS) is 14.4. The van der Waals surface area contributed by atoms with E-state index in [-0.39, 0.29) is 0 Å². The molecule has 0 amide bonds. The number of nitrogens with one attached hydrogen (secondary N) is 1. The molecule has 2 rings (SSSR count). The average Bonchev–Trinajstić information content (AvgIpc) is 3.02. The van der Waals surface area contributed by atoms with Crippen LogP contribution in [0.1, 0.15) is 56.1 Å². The molecule has 2 aromatic rings. The minimum Gasteiger partial charge on any atom is -0.302 e. The molecule has 0 aliphatic heterocycles. The molecule has 0 saturated carbocycles. The zero-order chi connectivity index (χ0) is 14.4. The van der Waals surface area contributed by atoms with Crippen LogP contribution in [0.15, 0.2) is 47.8 Å². The maximum Gasteiger partial charge on any atom is 0.0391 e. The summed E-state index contributed by atoms with van der Waals surface area (Å²) in [7, 11) is 0. The number of hydrogen-bond donors (Lipinski definition) is 1. The summed E-state index contributed by atoms with van der Waals surface area (Å²) in [5, 5.41) is 6.00. The Morgan fingerprint density at radius 3 is 2.25 bits per heavy atom. The molecule has 1 N–H and O–H groups in total. The molecule has 1 heterocycles. The standard InChI is InChI=1S/C18H25NS/c1-4-15(5-2)18(16-10-7-6-8-11-16)19-14(3)17-12-9-13-20-17/h6-15,18-19H,4-5H2,1-3H3. The lowest BCUT2D eigenvalue weighted by atomic mass is 9.88. The van der Waals surface area contributed by atoms with Crippen LogP contribution < -0.4 is 5.32 Å². The summed E-state index contributed by atoms with van der Waals surface area (Å²) in [5.74, 6) is 0.680. The molecule has 20 heavy (non-hydrogen) atoms. The average molecular weight is 287 g/mol. The van der Waals surface area contributed by atoms with Gasteiger partial charge in [0.25, 0.3) is 0 Å². The molecule has 2 atom stereocenters. The maximum absolute atomic E-state index is 3.85. The molecule has 0 aliphatic rings. The molecule has 0 fully saturated rings. The molecular weight excluding hydrogens is 262 g/mol. The van der Waals surface area contributed by atoms with E-state index in [1.54, 1.807) is 0 Å². The highest BCUT2D eigenvalue weighted by molar-refractivity contribution is 7.10. The summed E-state index contributed by atoms with van der Waals surface area (Å²) in [6.07, 6.45) is 2.42. The molecule has 2 unspecified atom stereocenters. The largest absolute Gasteiger partial charge is 0.302 e. The third-order valence-corrected chi connectivity index (χ3v) is 5.13. The molecule has 0 saturated heterocycles. The van der Waals surface area contributed by atoms with E-state index in [9.17, 15) is 0 Å². The lowest BCUT2D eigenvalue weighted by Crippen LogP contribution is -2.30. The molecule has 0 aliphatic carbocycles. The molecule has 0 bridgehead atoms. The van der Waals surface area contributed by atoms with E-state index in [0.717, 1.165) is 0 Å². The first-order valence-corrected chi connectivity index (χ1v) is 8.48. The van der Waals surface area contributed by atoms with E-state index in [2.05, 4.69) is 73.9 Å². The van der Waals surface area contributed by atoms with E-state index < -0.39 is 0 Å². The first-order valence-electron chi connectivity index (χ1n) is 7.60. The minimum absolute atomic E-state index is 0.404. The fourth-order valence-electron chi connectivity index (χ4n) is 2.81. The van der Waals surface area contributed by atoms with Crippen molar-refractivity contribution in [2.45, 2.75) is 45.7 Å². The van der Waals surface area contributed by atoms with Crippen LogP contribution in [0, 0.1) is 5.92 Å². The van der Waals surface area contributed by atoms with Gasteiger partial charge in [-0.1, -0.05) is 63.1 Å². The molecule has 0 spiro atoms. The van der Waals surface area contributed by atoms with E-state index in [1.807, 2.05) is 11.3 Å². The van der Waals surface area contributed by atoms with Gasteiger partial charge in [0.1, 0.15) is 0 Å². The number of hydrogen-bond acceptors (Lipinski definition) is 2. The van der Waals surface area contributed by atoms with Crippen molar-refractivity contribution in [3.05, 3.63) is 58.3 Å². The Kier molecular flexibility index (Phi) is 5.81. The van der Waals surface area contributed by atoms with Gasteiger partial charge < -0.3 is 5.32 Å². The molecule has 1 nitrogen and oxygen atoms in total. The van der Waals surface area contributed by atoms with Gasteiger partial charge in [-0.05, 0) is 29.9 Å². The fraction of sp³-hybridized carbons (Fsp3) is 0.444. The van der Waals surface area contributed by atoms with Gasteiger partial charge in [-0.2, -0.15) is 0 Å². The summed E-state index contributed by atoms with van der Waals surface area (Å²) in [6.45, 7) is 6.85. The number of rotatable bonds is 7. The fourth-order valence-corrected chi connectivity index (χ4v) is 3.56. The van der Waals surface area contributed by atoms with Crippen molar-refractivity contribution in [3.8, 4) is 0 Å². The zero-order valence-corrected chi connectivity index (χ0v) is 13.5. The smallest absolute Gasteiger partial charge is 0.0391 e. The lowest BCUT2D eigenvalue weighted by Gasteiger charge is -2.30. The van der Waals surface area contributed by atoms with E-state index in [1.165, 1.54) is 23.3 Å². The van der Waals surface area contributed by atoms with Crippen molar-refractivity contribution in [2.24, 2.45) is 5.92 Å². The van der Waals surface area contributed by atoms with E-state index >= 15 is 0 Å². The van der Waals surface area contributed by atoms with Crippen LogP contribution >= 0.6 is 11.3 Å². The number of thiophene rings is 1.